The Balaban J connectivity index is 1.43. The van der Waals surface area contributed by atoms with Crippen LogP contribution in [-0.2, 0) is 25.7 Å². The fourth-order valence-corrected chi connectivity index (χ4v) is 4.05. The lowest BCUT2D eigenvalue weighted by Gasteiger charge is -2.34. The van der Waals surface area contributed by atoms with E-state index in [1.54, 1.807) is 19.1 Å². The fraction of sp³-hybridized carbons (Fsp3) is 0.400. The number of imidazole rings is 1. The summed E-state index contributed by atoms with van der Waals surface area (Å²) in [5.74, 6) is -1.43. The number of fused-ring (bicyclic) bond motifs is 1. The lowest BCUT2D eigenvalue weighted by molar-refractivity contribution is -0.389. The van der Waals surface area contributed by atoms with Crippen LogP contribution in [0.5, 0.6) is 0 Å². The predicted molar refractivity (Wildman–Crippen MR) is 110 cm³/mol. The van der Waals surface area contributed by atoms with Crippen molar-refractivity contribution in [3.8, 4) is 11.5 Å². The van der Waals surface area contributed by atoms with E-state index in [-0.39, 0.29) is 24.1 Å². The average molecular weight is 486 g/mol. The van der Waals surface area contributed by atoms with E-state index in [9.17, 15) is 28.4 Å². The first-order valence-electron chi connectivity index (χ1n) is 9.89. The Bertz CT molecular complexity index is 1190. The van der Waals surface area contributed by atoms with E-state index in [2.05, 4.69) is 9.97 Å². The number of alkyl halides is 3. The van der Waals surface area contributed by atoms with E-state index in [0.717, 1.165) is 17.3 Å². The molecule has 0 saturated carbocycles. The number of nitro groups is 1. The summed E-state index contributed by atoms with van der Waals surface area (Å²) < 4.78 is 44.6. The minimum atomic E-state index is -4.56. The Kier molecular flexibility index (Phi) is 5.93. The maximum atomic E-state index is 12.8. The number of furan rings is 1. The Morgan fingerprint density at radius 2 is 2.00 bits per heavy atom. The van der Waals surface area contributed by atoms with Gasteiger partial charge in [0.1, 0.15) is 11.9 Å². The molecular weight excluding hydrogens is 467 g/mol. The van der Waals surface area contributed by atoms with Crippen LogP contribution < -0.4 is 0 Å². The van der Waals surface area contributed by atoms with Gasteiger partial charge in [-0.25, -0.2) is 4.98 Å². The van der Waals surface area contributed by atoms with Crippen molar-refractivity contribution in [3.05, 3.63) is 62.9 Å². The van der Waals surface area contributed by atoms with Crippen LogP contribution in [0.15, 0.2) is 34.9 Å². The summed E-state index contributed by atoms with van der Waals surface area (Å²) >= 11 is 5.94. The Morgan fingerprint density at radius 3 is 2.64 bits per heavy atom. The van der Waals surface area contributed by atoms with Crippen molar-refractivity contribution in [1.29, 1.82) is 0 Å². The van der Waals surface area contributed by atoms with E-state index >= 15 is 0 Å². The molecule has 1 unspecified atom stereocenters. The standard InChI is InChI=1S/C20H19ClF3N5O4/c1-19(30,11-28-9-17(29(31)32)26-18(28)21)10-27-7-6-13-12(8-27)2-3-14(25-13)15-4-5-16(33-15)20(22,23)24/h2-5,9,30H,6-8,10-11H2,1H3. The van der Waals surface area contributed by atoms with Gasteiger partial charge < -0.3 is 19.6 Å². The molecule has 3 aromatic heterocycles. The highest BCUT2D eigenvalue weighted by atomic mass is 35.5. The van der Waals surface area contributed by atoms with Crippen LogP contribution >= 0.6 is 11.6 Å². The van der Waals surface area contributed by atoms with Gasteiger partial charge in [-0.2, -0.15) is 13.2 Å². The first-order valence-corrected chi connectivity index (χ1v) is 10.3. The quantitative estimate of drug-likeness (QED) is 0.416. The van der Waals surface area contributed by atoms with Gasteiger partial charge in [-0.05, 0) is 52.2 Å². The summed E-state index contributed by atoms with van der Waals surface area (Å²) in [7, 11) is 0. The summed E-state index contributed by atoms with van der Waals surface area (Å²) in [6, 6.07) is 5.51. The summed E-state index contributed by atoms with van der Waals surface area (Å²) in [5.41, 5.74) is 0.702. The highest BCUT2D eigenvalue weighted by Crippen LogP contribution is 2.34. The molecule has 0 spiro atoms. The molecule has 0 saturated heterocycles. The first-order chi connectivity index (χ1) is 15.4. The number of hydrogen-bond donors (Lipinski definition) is 1. The topological polar surface area (TPSA) is 110 Å². The lowest BCUT2D eigenvalue weighted by Crippen LogP contribution is -2.45. The number of halogens is 4. The molecule has 1 atom stereocenters. The van der Waals surface area contributed by atoms with Crippen molar-refractivity contribution >= 4 is 17.4 Å². The van der Waals surface area contributed by atoms with Gasteiger partial charge in [-0.1, -0.05) is 6.07 Å². The van der Waals surface area contributed by atoms with Crippen LogP contribution in [0, 0.1) is 10.1 Å². The second kappa shape index (κ2) is 8.43. The van der Waals surface area contributed by atoms with E-state index in [4.69, 9.17) is 16.0 Å². The minimum Gasteiger partial charge on any atom is -0.450 e. The highest BCUT2D eigenvalue weighted by Gasteiger charge is 2.35. The third-order valence-electron chi connectivity index (χ3n) is 5.24. The second-order valence-electron chi connectivity index (χ2n) is 8.17. The normalized spacial score (nSPS) is 16.4. The van der Waals surface area contributed by atoms with Crippen molar-refractivity contribution in [1.82, 2.24) is 19.4 Å². The molecule has 4 heterocycles. The number of aromatic nitrogens is 3. The fourth-order valence-electron chi connectivity index (χ4n) is 3.85. The van der Waals surface area contributed by atoms with Crippen molar-refractivity contribution in [2.75, 3.05) is 13.1 Å². The SMILES string of the molecule is CC(O)(CN1CCc2nc(-c3ccc(C(F)(F)F)o3)ccc2C1)Cn1cc([N+](=O)[O-])nc1Cl. The van der Waals surface area contributed by atoms with Crippen LogP contribution in [-0.4, -0.2) is 48.2 Å². The average Bonchev–Trinajstić information content (AvgIpc) is 3.35. The molecule has 3 aromatic rings. The number of rotatable bonds is 6. The monoisotopic (exact) mass is 485 g/mol. The van der Waals surface area contributed by atoms with Crippen LogP contribution in [0.25, 0.3) is 11.5 Å². The maximum Gasteiger partial charge on any atom is 0.449 e. The minimum absolute atomic E-state index is 0.00719. The van der Waals surface area contributed by atoms with E-state index in [0.29, 0.717) is 25.2 Å². The van der Waals surface area contributed by atoms with Crippen LogP contribution in [0.1, 0.15) is 23.9 Å². The molecule has 1 aliphatic rings. The third-order valence-corrected chi connectivity index (χ3v) is 5.54. The molecule has 0 fully saturated rings. The zero-order valence-corrected chi connectivity index (χ0v) is 18.1. The van der Waals surface area contributed by atoms with Crippen LogP contribution in [0.2, 0.25) is 5.28 Å². The van der Waals surface area contributed by atoms with Crippen LogP contribution in [0.3, 0.4) is 0 Å². The molecule has 0 aliphatic carbocycles. The third kappa shape index (κ3) is 5.18. The summed E-state index contributed by atoms with van der Waals surface area (Å²) in [6.07, 6.45) is -2.86. The zero-order chi connectivity index (χ0) is 24.0. The molecule has 13 heteroatoms. The molecule has 0 radical (unpaired) electrons. The van der Waals surface area contributed by atoms with Gasteiger partial charge in [0.2, 0.25) is 5.76 Å². The van der Waals surface area contributed by atoms with Crippen LogP contribution in [0.4, 0.5) is 19.0 Å². The van der Waals surface area contributed by atoms with Gasteiger partial charge in [0.25, 0.3) is 0 Å². The lowest BCUT2D eigenvalue weighted by atomic mass is 10.0. The number of nitrogens with zero attached hydrogens (tertiary/aromatic N) is 5. The molecule has 1 aliphatic heterocycles. The van der Waals surface area contributed by atoms with Gasteiger partial charge in [-0.3, -0.25) is 9.47 Å². The second-order valence-corrected chi connectivity index (χ2v) is 8.51. The number of aliphatic hydroxyl groups is 1. The molecule has 33 heavy (non-hydrogen) atoms. The highest BCUT2D eigenvalue weighted by molar-refractivity contribution is 6.28. The molecule has 176 valence electrons. The van der Waals surface area contributed by atoms with E-state index in [1.165, 1.54) is 16.8 Å². The number of pyridine rings is 1. The Hall–Kier alpha value is -2.96. The zero-order valence-electron chi connectivity index (χ0n) is 17.3. The number of hydrogen-bond acceptors (Lipinski definition) is 7. The predicted octanol–water partition coefficient (Wildman–Crippen LogP) is 3.93. The molecule has 9 nitrogen and oxygen atoms in total. The molecule has 0 amide bonds. The van der Waals surface area contributed by atoms with Gasteiger partial charge >= 0.3 is 17.3 Å². The van der Waals surface area contributed by atoms with E-state index in [1.807, 2.05) is 4.90 Å². The van der Waals surface area contributed by atoms with Crippen molar-refractivity contribution in [2.45, 2.75) is 38.2 Å². The molecule has 1 N–H and O–H groups in total. The van der Waals surface area contributed by atoms with Gasteiger partial charge in [-0.15, -0.1) is 0 Å². The summed E-state index contributed by atoms with van der Waals surface area (Å²) in [5, 5.41) is 21.6. The Morgan fingerprint density at radius 1 is 1.24 bits per heavy atom. The first kappa shape index (κ1) is 23.2. The summed E-state index contributed by atoms with van der Waals surface area (Å²) in [4.78, 5) is 20.3. The summed E-state index contributed by atoms with van der Waals surface area (Å²) in [6.45, 7) is 2.89. The number of β-amino-alcohol motifs (C(OH)–C–C–N with tert-alkyl or cyclic N) is 1. The molecular formula is C20H19ClF3N5O4. The van der Waals surface area contributed by atoms with Crippen molar-refractivity contribution < 1.29 is 27.6 Å². The van der Waals surface area contributed by atoms with Gasteiger partial charge in [0, 0.05) is 31.7 Å². The molecule has 0 aromatic carbocycles. The van der Waals surface area contributed by atoms with Crippen molar-refractivity contribution in [2.24, 2.45) is 0 Å². The molecule has 0 bridgehead atoms. The Labute approximate surface area is 190 Å². The largest absolute Gasteiger partial charge is 0.450 e. The van der Waals surface area contributed by atoms with E-state index < -0.39 is 28.3 Å². The molecule has 4 rings (SSSR count). The van der Waals surface area contributed by atoms with Gasteiger partial charge in [0.15, 0.2) is 5.76 Å². The maximum absolute atomic E-state index is 12.8. The van der Waals surface area contributed by atoms with Crippen molar-refractivity contribution in [3.63, 3.8) is 0 Å². The smallest absolute Gasteiger partial charge is 0.449 e. The van der Waals surface area contributed by atoms with Gasteiger partial charge in [0.05, 0.1) is 12.1 Å².